The predicted molar refractivity (Wildman–Crippen MR) is 88.5 cm³/mol. The molecule has 0 atom stereocenters. The van der Waals surface area contributed by atoms with Crippen LogP contribution in [0.1, 0.15) is 15.9 Å². The minimum absolute atomic E-state index is 0.113. The lowest BCUT2D eigenvalue weighted by Gasteiger charge is -2.34. The summed E-state index contributed by atoms with van der Waals surface area (Å²) in [6.07, 6.45) is 3.94. The van der Waals surface area contributed by atoms with Gasteiger partial charge in [-0.3, -0.25) is 14.4 Å². The first-order valence-electron chi connectivity index (χ1n) is 7.36. The van der Waals surface area contributed by atoms with Crippen LogP contribution in [0.5, 0.6) is 0 Å². The number of carbonyl (C=O) groups excluding carboxylic acids is 1. The molecule has 1 aromatic heterocycles. The molecule has 1 amide bonds. The molecule has 0 radical (unpaired) electrons. The molecule has 1 aliphatic heterocycles. The van der Waals surface area contributed by atoms with Crippen molar-refractivity contribution in [1.29, 1.82) is 0 Å². The maximum atomic E-state index is 12.5. The normalized spacial score (nSPS) is 16.0. The SMILES string of the molecule is Cn1cc(CN2CCN(C(=O)c3cccc(Br)c3)CC2)cn1. The molecule has 0 saturated carbocycles. The summed E-state index contributed by atoms with van der Waals surface area (Å²) in [4.78, 5) is 16.8. The van der Waals surface area contributed by atoms with Gasteiger partial charge in [0.25, 0.3) is 5.91 Å². The van der Waals surface area contributed by atoms with Gasteiger partial charge in [0.15, 0.2) is 0 Å². The molecule has 1 aliphatic rings. The van der Waals surface area contributed by atoms with E-state index < -0.39 is 0 Å². The van der Waals surface area contributed by atoms with Crippen LogP contribution in [0.4, 0.5) is 0 Å². The Morgan fingerprint density at radius 1 is 1.27 bits per heavy atom. The minimum Gasteiger partial charge on any atom is -0.336 e. The highest BCUT2D eigenvalue weighted by Crippen LogP contribution is 2.15. The summed E-state index contributed by atoms with van der Waals surface area (Å²) in [5.74, 6) is 0.113. The van der Waals surface area contributed by atoms with E-state index >= 15 is 0 Å². The molecule has 3 rings (SSSR count). The summed E-state index contributed by atoms with van der Waals surface area (Å²) in [6, 6.07) is 7.58. The Bertz CT molecular complexity index is 662. The topological polar surface area (TPSA) is 41.4 Å². The second-order valence-corrected chi connectivity index (χ2v) is 6.52. The Balaban J connectivity index is 1.56. The molecule has 6 heteroatoms. The fourth-order valence-corrected chi connectivity index (χ4v) is 3.12. The zero-order valence-electron chi connectivity index (χ0n) is 12.6. The lowest BCUT2D eigenvalue weighted by molar-refractivity contribution is 0.0628. The van der Waals surface area contributed by atoms with Crippen LogP contribution >= 0.6 is 15.9 Å². The van der Waals surface area contributed by atoms with Gasteiger partial charge in [0, 0.05) is 61.6 Å². The molecule has 1 saturated heterocycles. The quantitative estimate of drug-likeness (QED) is 0.839. The third-order valence-corrected chi connectivity index (χ3v) is 4.39. The number of hydrogen-bond donors (Lipinski definition) is 0. The number of piperazine rings is 1. The van der Waals surface area contributed by atoms with E-state index in [1.807, 2.05) is 53.3 Å². The molecule has 116 valence electrons. The van der Waals surface area contributed by atoms with Gasteiger partial charge in [-0.25, -0.2) is 0 Å². The summed E-state index contributed by atoms with van der Waals surface area (Å²) in [5, 5.41) is 4.19. The number of amides is 1. The van der Waals surface area contributed by atoms with Gasteiger partial charge in [-0.1, -0.05) is 22.0 Å². The van der Waals surface area contributed by atoms with Gasteiger partial charge in [-0.2, -0.15) is 5.10 Å². The second-order valence-electron chi connectivity index (χ2n) is 5.60. The number of benzene rings is 1. The van der Waals surface area contributed by atoms with Crippen LogP contribution < -0.4 is 0 Å². The van der Waals surface area contributed by atoms with Gasteiger partial charge in [-0.15, -0.1) is 0 Å². The van der Waals surface area contributed by atoms with Crippen molar-refractivity contribution in [2.45, 2.75) is 6.54 Å². The van der Waals surface area contributed by atoms with E-state index in [0.29, 0.717) is 0 Å². The van der Waals surface area contributed by atoms with Crippen LogP contribution in [0.25, 0.3) is 0 Å². The Hall–Kier alpha value is -1.66. The van der Waals surface area contributed by atoms with E-state index in [-0.39, 0.29) is 5.91 Å². The molecule has 0 N–H and O–H groups in total. The van der Waals surface area contributed by atoms with Gasteiger partial charge < -0.3 is 4.90 Å². The lowest BCUT2D eigenvalue weighted by atomic mass is 10.2. The van der Waals surface area contributed by atoms with Crippen LogP contribution in [0.3, 0.4) is 0 Å². The number of hydrogen-bond acceptors (Lipinski definition) is 3. The summed E-state index contributed by atoms with van der Waals surface area (Å²) >= 11 is 3.42. The summed E-state index contributed by atoms with van der Waals surface area (Å²) < 4.78 is 2.76. The Morgan fingerprint density at radius 3 is 2.68 bits per heavy atom. The van der Waals surface area contributed by atoms with Gasteiger partial charge in [0.2, 0.25) is 0 Å². The van der Waals surface area contributed by atoms with Crippen molar-refractivity contribution in [1.82, 2.24) is 19.6 Å². The predicted octanol–water partition coefficient (Wildman–Crippen LogP) is 2.14. The molecule has 0 unspecified atom stereocenters. The van der Waals surface area contributed by atoms with Gasteiger partial charge in [0.05, 0.1) is 6.20 Å². The smallest absolute Gasteiger partial charge is 0.253 e. The Kier molecular flexibility index (Phi) is 4.59. The fraction of sp³-hybridized carbons (Fsp3) is 0.375. The Labute approximate surface area is 138 Å². The van der Waals surface area contributed by atoms with Crippen molar-refractivity contribution in [3.8, 4) is 0 Å². The summed E-state index contributed by atoms with van der Waals surface area (Å²) in [7, 11) is 1.93. The van der Waals surface area contributed by atoms with E-state index in [9.17, 15) is 4.79 Å². The van der Waals surface area contributed by atoms with Crippen molar-refractivity contribution in [3.05, 3.63) is 52.3 Å². The number of carbonyl (C=O) groups is 1. The first kappa shape index (κ1) is 15.2. The number of halogens is 1. The molecule has 1 aromatic carbocycles. The Morgan fingerprint density at radius 2 is 2.05 bits per heavy atom. The van der Waals surface area contributed by atoms with Crippen molar-refractivity contribution in [3.63, 3.8) is 0 Å². The monoisotopic (exact) mass is 362 g/mol. The lowest BCUT2D eigenvalue weighted by Crippen LogP contribution is -2.48. The molecular formula is C16H19BrN4O. The van der Waals surface area contributed by atoms with E-state index in [1.54, 1.807) is 0 Å². The molecular weight excluding hydrogens is 344 g/mol. The maximum Gasteiger partial charge on any atom is 0.253 e. The third kappa shape index (κ3) is 3.56. The minimum atomic E-state index is 0.113. The first-order chi connectivity index (χ1) is 10.6. The molecule has 0 aliphatic carbocycles. The van der Waals surface area contributed by atoms with Crippen LogP contribution in [0.2, 0.25) is 0 Å². The van der Waals surface area contributed by atoms with Crippen LogP contribution in [-0.4, -0.2) is 51.7 Å². The number of aromatic nitrogens is 2. The molecule has 2 heterocycles. The van der Waals surface area contributed by atoms with Crippen LogP contribution in [-0.2, 0) is 13.6 Å². The zero-order chi connectivity index (χ0) is 15.5. The van der Waals surface area contributed by atoms with Crippen molar-refractivity contribution < 1.29 is 4.79 Å². The molecule has 1 fully saturated rings. The first-order valence-corrected chi connectivity index (χ1v) is 8.16. The van der Waals surface area contributed by atoms with Gasteiger partial charge in [-0.05, 0) is 18.2 Å². The zero-order valence-corrected chi connectivity index (χ0v) is 14.2. The van der Waals surface area contributed by atoms with Gasteiger partial charge in [0.1, 0.15) is 0 Å². The highest BCUT2D eigenvalue weighted by Gasteiger charge is 2.22. The van der Waals surface area contributed by atoms with Crippen molar-refractivity contribution in [2.24, 2.45) is 7.05 Å². The molecule has 0 spiro atoms. The van der Waals surface area contributed by atoms with Gasteiger partial charge >= 0.3 is 0 Å². The number of aryl methyl sites for hydroxylation is 1. The maximum absolute atomic E-state index is 12.5. The van der Waals surface area contributed by atoms with E-state index in [0.717, 1.165) is 42.8 Å². The molecule has 2 aromatic rings. The fourth-order valence-electron chi connectivity index (χ4n) is 2.72. The third-order valence-electron chi connectivity index (χ3n) is 3.90. The van der Waals surface area contributed by atoms with Crippen molar-refractivity contribution >= 4 is 21.8 Å². The number of nitrogens with zero attached hydrogens (tertiary/aromatic N) is 4. The standard InChI is InChI=1S/C16H19BrN4O/c1-19-11-13(10-18-19)12-20-5-7-21(8-6-20)16(22)14-3-2-4-15(17)9-14/h2-4,9-11H,5-8,12H2,1H3. The highest BCUT2D eigenvalue weighted by atomic mass is 79.9. The summed E-state index contributed by atoms with van der Waals surface area (Å²) in [6.45, 7) is 4.23. The second kappa shape index (κ2) is 6.62. The largest absolute Gasteiger partial charge is 0.336 e. The molecule has 0 bridgehead atoms. The summed E-state index contributed by atoms with van der Waals surface area (Å²) in [5.41, 5.74) is 1.96. The molecule has 5 nitrogen and oxygen atoms in total. The van der Waals surface area contributed by atoms with E-state index in [1.165, 1.54) is 5.56 Å². The highest BCUT2D eigenvalue weighted by molar-refractivity contribution is 9.10. The average molecular weight is 363 g/mol. The van der Waals surface area contributed by atoms with E-state index in [4.69, 9.17) is 0 Å². The van der Waals surface area contributed by atoms with Crippen LogP contribution in [0, 0.1) is 0 Å². The number of rotatable bonds is 3. The van der Waals surface area contributed by atoms with Crippen LogP contribution in [0.15, 0.2) is 41.1 Å². The van der Waals surface area contributed by atoms with Crippen molar-refractivity contribution in [2.75, 3.05) is 26.2 Å². The van der Waals surface area contributed by atoms with E-state index in [2.05, 4.69) is 25.9 Å². The average Bonchev–Trinajstić information content (AvgIpc) is 2.92. The molecule has 22 heavy (non-hydrogen) atoms.